The van der Waals surface area contributed by atoms with Crippen molar-refractivity contribution < 1.29 is 18.3 Å². The van der Waals surface area contributed by atoms with Gasteiger partial charge in [-0.3, -0.25) is 4.90 Å². The van der Waals surface area contributed by atoms with E-state index in [-0.39, 0.29) is 29.1 Å². The van der Waals surface area contributed by atoms with Gasteiger partial charge in [-0.15, -0.1) is 12.4 Å². The van der Waals surface area contributed by atoms with Crippen LogP contribution in [0.2, 0.25) is 0 Å². The minimum absolute atomic E-state index is 0. The number of phenols is 1. The van der Waals surface area contributed by atoms with Gasteiger partial charge >= 0.3 is 6.18 Å². The van der Waals surface area contributed by atoms with E-state index >= 15 is 0 Å². The summed E-state index contributed by atoms with van der Waals surface area (Å²) in [5.41, 5.74) is 0.558. The summed E-state index contributed by atoms with van der Waals surface area (Å²) in [5.74, 6) is -0.230. The summed E-state index contributed by atoms with van der Waals surface area (Å²) < 4.78 is 42.2. The van der Waals surface area contributed by atoms with Crippen molar-refractivity contribution in [3.8, 4) is 5.75 Å². The van der Waals surface area contributed by atoms with Crippen molar-refractivity contribution >= 4 is 12.4 Å². The number of nitrogens with one attached hydrogen (secondary N) is 1. The van der Waals surface area contributed by atoms with Gasteiger partial charge in [-0.2, -0.15) is 13.2 Å². The Morgan fingerprint density at radius 2 is 1.48 bits per heavy atom. The first-order chi connectivity index (χ1) is 11.7. The maximum Gasteiger partial charge on any atom is 0.408 e. The Morgan fingerprint density at radius 1 is 0.963 bits per heavy atom. The normalized spacial score (nSPS) is 18.1. The van der Waals surface area contributed by atoms with Crippen LogP contribution >= 0.6 is 12.4 Å². The zero-order valence-electron chi connectivity index (χ0n) is 17.0. The molecule has 0 spiro atoms. The lowest BCUT2D eigenvalue weighted by atomic mass is 9.78. The smallest absolute Gasteiger partial charge is 0.408 e. The molecule has 1 aromatic carbocycles. The number of hydrogen-bond donors (Lipinski definition) is 2. The highest BCUT2D eigenvalue weighted by atomic mass is 35.5. The molecule has 1 atom stereocenters. The molecular formula is C20H32ClF3N2O. The summed E-state index contributed by atoms with van der Waals surface area (Å²) in [6.45, 7) is 13.3. The number of aromatic hydroxyl groups is 1. The molecule has 3 nitrogen and oxygen atoms in total. The first kappa shape index (κ1) is 24.1. The SMILES string of the molecule is CC(C)(C)c1cc([C@@H](N2CCNCC2)C(F)(F)F)c(O)c(C(C)(C)C)c1.Cl. The fourth-order valence-corrected chi connectivity index (χ4v) is 3.39. The second-order valence-electron chi connectivity index (χ2n) is 9.19. The molecule has 0 amide bonds. The Morgan fingerprint density at radius 3 is 1.89 bits per heavy atom. The molecule has 7 heteroatoms. The van der Waals surface area contributed by atoms with E-state index in [1.807, 2.05) is 47.6 Å². The molecule has 0 aromatic heterocycles. The summed E-state index contributed by atoms with van der Waals surface area (Å²) in [5, 5.41) is 13.9. The van der Waals surface area contributed by atoms with E-state index in [4.69, 9.17) is 0 Å². The van der Waals surface area contributed by atoms with Crippen LogP contribution < -0.4 is 5.32 Å². The second-order valence-corrected chi connectivity index (χ2v) is 9.19. The number of rotatable bonds is 2. The molecule has 2 rings (SSSR count). The van der Waals surface area contributed by atoms with Crippen LogP contribution in [0.1, 0.15) is 64.3 Å². The lowest BCUT2D eigenvalue weighted by Gasteiger charge is -2.38. The van der Waals surface area contributed by atoms with Crippen LogP contribution in [-0.4, -0.2) is 42.4 Å². The largest absolute Gasteiger partial charge is 0.507 e. The number of nitrogens with zero attached hydrogens (tertiary/aromatic N) is 1. The van der Waals surface area contributed by atoms with Crippen molar-refractivity contribution in [2.75, 3.05) is 26.2 Å². The Labute approximate surface area is 166 Å². The molecule has 1 heterocycles. The summed E-state index contributed by atoms with van der Waals surface area (Å²) >= 11 is 0. The van der Waals surface area contributed by atoms with Crippen LogP contribution in [0.15, 0.2) is 12.1 Å². The van der Waals surface area contributed by atoms with E-state index < -0.39 is 17.6 Å². The first-order valence-corrected chi connectivity index (χ1v) is 9.12. The molecule has 0 radical (unpaired) electrons. The van der Waals surface area contributed by atoms with Crippen molar-refractivity contribution in [2.24, 2.45) is 0 Å². The van der Waals surface area contributed by atoms with Crippen molar-refractivity contribution in [3.05, 3.63) is 28.8 Å². The van der Waals surface area contributed by atoms with Gasteiger partial charge < -0.3 is 10.4 Å². The second kappa shape index (κ2) is 8.18. The molecule has 156 valence electrons. The van der Waals surface area contributed by atoms with Gasteiger partial charge in [0.05, 0.1) is 0 Å². The molecule has 1 saturated heterocycles. The van der Waals surface area contributed by atoms with E-state index in [0.717, 1.165) is 5.56 Å². The highest BCUT2D eigenvalue weighted by Crippen LogP contribution is 2.46. The van der Waals surface area contributed by atoms with Crippen LogP contribution in [-0.2, 0) is 10.8 Å². The first-order valence-electron chi connectivity index (χ1n) is 9.12. The highest BCUT2D eigenvalue weighted by molar-refractivity contribution is 5.85. The van der Waals surface area contributed by atoms with Crippen LogP contribution in [0.5, 0.6) is 5.75 Å². The minimum atomic E-state index is -4.46. The summed E-state index contributed by atoms with van der Waals surface area (Å²) in [6, 6.07) is 1.60. The van der Waals surface area contributed by atoms with E-state index in [9.17, 15) is 18.3 Å². The quantitative estimate of drug-likeness (QED) is 0.729. The molecule has 0 unspecified atom stereocenters. The minimum Gasteiger partial charge on any atom is -0.507 e. The molecule has 1 fully saturated rings. The summed E-state index contributed by atoms with van der Waals surface area (Å²) in [6.07, 6.45) is -4.46. The topological polar surface area (TPSA) is 35.5 Å². The molecule has 0 aliphatic carbocycles. The third-order valence-corrected chi connectivity index (χ3v) is 4.93. The zero-order valence-corrected chi connectivity index (χ0v) is 17.8. The van der Waals surface area contributed by atoms with E-state index in [1.54, 1.807) is 6.07 Å². The third-order valence-electron chi connectivity index (χ3n) is 4.93. The average molecular weight is 409 g/mol. The molecule has 1 aliphatic rings. The molecule has 0 bridgehead atoms. The molecule has 27 heavy (non-hydrogen) atoms. The molecular weight excluding hydrogens is 377 g/mol. The van der Waals surface area contributed by atoms with E-state index in [2.05, 4.69) is 5.32 Å². The van der Waals surface area contributed by atoms with Gasteiger partial charge in [-0.05, 0) is 28.0 Å². The Hall–Kier alpha value is -0.980. The van der Waals surface area contributed by atoms with Crippen molar-refractivity contribution in [3.63, 3.8) is 0 Å². The van der Waals surface area contributed by atoms with Gasteiger partial charge in [0.25, 0.3) is 0 Å². The van der Waals surface area contributed by atoms with E-state index in [0.29, 0.717) is 31.7 Å². The van der Waals surface area contributed by atoms with Crippen molar-refractivity contribution in [1.82, 2.24) is 10.2 Å². The van der Waals surface area contributed by atoms with Crippen molar-refractivity contribution in [2.45, 2.75) is 64.6 Å². The number of benzene rings is 1. The molecule has 1 aromatic rings. The van der Waals surface area contributed by atoms with E-state index in [1.165, 1.54) is 4.90 Å². The Balaban J connectivity index is 0.00000364. The monoisotopic (exact) mass is 408 g/mol. The highest BCUT2D eigenvalue weighted by Gasteiger charge is 2.47. The fraction of sp³-hybridized carbons (Fsp3) is 0.700. The van der Waals surface area contributed by atoms with Gasteiger partial charge in [0.2, 0.25) is 0 Å². The van der Waals surface area contributed by atoms with Gasteiger partial charge in [0.1, 0.15) is 11.8 Å². The fourth-order valence-electron chi connectivity index (χ4n) is 3.39. The maximum atomic E-state index is 14.1. The predicted octanol–water partition coefficient (Wildman–Crippen LogP) is 4.92. The van der Waals surface area contributed by atoms with Gasteiger partial charge in [0.15, 0.2) is 0 Å². The number of hydrogen-bond acceptors (Lipinski definition) is 3. The zero-order chi connectivity index (χ0) is 19.9. The van der Waals surface area contributed by atoms with Gasteiger partial charge in [-0.25, -0.2) is 0 Å². The molecule has 0 saturated carbocycles. The van der Waals surface area contributed by atoms with Gasteiger partial charge in [0, 0.05) is 31.7 Å². The lowest BCUT2D eigenvalue weighted by Crippen LogP contribution is -2.49. The predicted molar refractivity (Wildman–Crippen MR) is 106 cm³/mol. The van der Waals surface area contributed by atoms with Crippen LogP contribution in [0.25, 0.3) is 0 Å². The Kier molecular flexibility index (Phi) is 7.28. The van der Waals surface area contributed by atoms with Gasteiger partial charge in [-0.1, -0.05) is 47.6 Å². The molecule has 1 aliphatic heterocycles. The number of alkyl halides is 3. The average Bonchev–Trinajstić information content (AvgIpc) is 2.46. The third kappa shape index (κ3) is 5.52. The standard InChI is InChI=1S/C20H31F3N2O.ClH/c1-18(2,3)13-11-14(16(26)15(12-13)19(4,5)6)17(20(21,22)23)25-9-7-24-8-10-25;/h11-12,17,24,26H,7-10H2,1-6H3;1H/t17-;/m1./s1. The maximum absolute atomic E-state index is 14.1. The van der Waals surface area contributed by atoms with Crippen molar-refractivity contribution in [1.29, 1.82) is 0 Å². The number of piperazine rings is 1. The number of halogens is 4. The molecule has 2 N–H and O–H groups in total. The van der Waals surface area contributed by atoms with Crippen LogP contribution in [0, 0.1) is 0 Å². The van der Waals surface area contributed by atoms with Crippen LogP contribution in [0.4, 0.5) is 13.2 Å². The lowest BCUT2D eigenvalue weighted by molar-refractivity contribution is -0.188. The number of phenolic OH excluding ortho intramolecular Hbond substituents is 1. The summed E-state index contributed by atoms with van der Waals surface area (Å²) in [4.78, 5) is 1.42. The Bertz CT molecular complexity index is 642. The van der Waals surface area contributed by atoms with Crippen LogP contribution in [0.3, 0.4) is 0 Å². The summed E-state index contributed by atoms with van der Waals surface area (Å²) in [7, 11) is 0.